The van der Waals surface area contributed by atoms with Gasteiger partial charge in [0.2, 0.25) is 5.65 Å². The van der Waals surface area contributed by atoms with Gasteiger partial charge in [0.1, 0.15) is 5.69 Å². The maximum atomic E-state index is 6.19. The molecule has 19 heavy (non-hydrogen) atoms. The summed E-state index contributed by atoms with van der Waals surface area (Å²) in [6.45, 7) is 4.35. The Balaban J connectivity index is 2.45. The van der Waals surface area contributed by atoms with Crippen LogP contribution in [0.25, 0.3) is 16.6 Å². The van der Waals surface area contributed by atoms with Crippen LogP contribution in [0.1, 0.15) is 19.4 Å². The van der Waals surface area contributed by atoms with Crippen molar-refractivity contribution in [1.29, 1.82) is 0 Å². The van der Waals surface area contributed by atoms with E-state index < -0.39 is 0 Å². The lowest BCUT2D eigenvalue weighted by Gasteiger charge is -2.13. The van der Waals surface area contributed by atoms with Gasteiger partial charge >= 0.3 is 0 Å². The summed E-state index contributed by atoms with van der Waals surface area (Å²) in [7, 11) is 0. The van der Waals surface area contributed by atoms with E-state index in [9.17, 15) is 0 Å². The molecule has 3 aromatic rings. The lowest BCUT2D eigenvalue weighted by Crippen LogP contribution is -2.05. The lowest BCUT2D eigenvalue weighted by molar-refractivity contribution is 0.650. The molecule has 2 heterocycles. The Morgan fingerprint density at radius 1 is 1.21 bits per heavy atom. The zero-order chi connectivity index (χ0) is 13.6. The number of anilines is 2. The average molecular weight is 256 g/mol. The molecule has 0 radical (unpaired) electrons. The summed E-state index contributed by atoms with van der Waals surface area (Å²) < 4.78 is 1.64. The van der Waals surface area contributed by atoms with E-state index in [4.69, 9.17) is 11.5 Å². The Bertz CT molecular complexity index is 758. The van der Waals surface area contributed by atoms with Gasteiger partial charge in [-0.1, -0.05) is 26.0 Å². The van der Waals surface area contributed by atoms with Crippen LogP contribution < -0.4 is 11.5 Å². The minimum Gasteiger partial charge on any atom is -0.396 e. The van der Waals surface area contributed by atoms with Crippen LogP contribution in [0.5, 0.6) is 0 Å². The molecule has 1 aromatic carbocycles. The van der Waals surface area contributed by atoms with Crippen molar-refractivity contribution >= 4 is 27.9 Å². The van der Waals surface area contributed by atoms with E-state index in [1.807, 2.05) is 12.1 Å². The first-order valence-electron chi connectivity index (χ1n) is 6.26. The van der Waals surface area contributed by atoms with Crippen LogP contribution >= 0.6 is 0 Å². The fourth-order valence-corrected chi connectivity index (χ4v) is 2.46. The summed E-state index contributed by atoms with van der Waals surface area (Å²) in [5, 5.41) is 12.5. The number of fused-ring (bicyclic) bond motifs is 3. The number of benzene rings is 1. The second kappa shape index (κ2) is 4.08. The fraction of sp³-hybridized carbons (Fsp3) is 0.308. The van der Waals surface area contributed by atoms with E-state index in [0.29, 0.717) is 22.9 Å². The third-order valence-corrected chi connectivity index (χ3v) is 3.26. The molecule has 0 amide bonds. The number of aromatic nitrogens is 4. The molecule has 98 valence electrons. The molecule has 0 aliphatic carbocycles. The smallest absolute Gasteiger partial charge is 0.204 e. The van der Waals surface area contributed by atoms with E-state index in [2.05, 4.69) is 35.4 Å². The van der Waals surface area contributed by atoms with Gasteiger partial charge in [0.15, 0.2) is 0 Å². The summed E-state index contributed by atoms with van der Waals surface area (Å²) in [4.78, 5) is 0. The molecule has 3 rings (SSSR count). The Kier molecular flexibility index (Phi) is 2.51. The van der Waals surface area contributed by atoms with Gasteiger partial charge in [-0.05, 0) is 34.4 Å². The molecule has 0 saturated heterocycles. The van der Waals surface area contributed by atoms with Crippen molar-refractivity contribution in [2.24, 2.45) is 5.92 Å². The number of nitrogens with two attached hydrogens (primary N) is 2. The third-order valence-electron chi connectivity index (χ3n) is 3.26. The molecule has 0 bridgehead atoms. The highest BCUT2D eigenvalue weighted by Crippen LogP contribution is 2.32. The van der Waals surface area contributed by atoms with Crippen molar-refractivity contribution in [2.45, 2.75) is 20.3 Å². The van der Waals surface area contributed by atoms with Crippen LogP contribution in [0.4, 0.5) is 11.4 Å². The van der Waals surface area contributed by atoms with Crippen LogP contribution in [0.3, 0.4) is 0 Å². The SMILES string of the molecule is CC(C)Cc1cccc2c1c(N)c(N)c1nnnn12. The Morgan fingerprint density at radius 2 is 2.00 bits per heavy atom. The molecule has 6 heteroatoms. The standard InChI is InChI=1S/C13H16N6/c1-7(2)6-8-4-3-5-9-10(8)11(14)12(15)13-16-17-18-19(9)13/h3-5,7H,6,14-15H2,1-2H3. The molecule has 0 aliphatic rings. The minimum absolute atomic E-state index is 0.439. The van der Waals surface area contributed by atoms with Crippen LogP contribution in [0.15, 0.2) is 18.2 Å². The predicted molar refractivity (Wildman–Crippen MR) is 75.7 cm³/mol. The zero-order valence-corrected chi connectivity index (χ0v) is 11.0. The molecule has 0 spiro atoms. The van der Waals surface area contributed by atoms with E-state index in [1.54, 1.807) is 4.52 Å². The number of nitrogen functional groups attached to an aromatic ring is 2. The fourth-order valence-electron chi connectivity index (χ4n) is 2.46. The number of hydrogen-bond donors (Lipinski definition) is 2. The van der Waals surface area contributed by atoms with Crippen LogP contribution in [-0.2, 0) is 6.42 Å². The minimum atomic E-state index is 0.439. The highest BCUT2D eigenvalue weighted by molar-refractivity contribution is 6.03. The Labute approximate surface area is 110 Å². The first-order chi connectivity index (χ1) is 9.09. The topological polar surface area (TPSA) is 95.1 Å². The maximum Gasteiger partial charge on any atom is 0.204 e. The summed E-state index contributed by atoms with van der Waals surface area (Å²) in [5.74, 6) is 0.538. The van der Waals surface area contributed by atoms with Crippen molar-refractivity contribution in [2.75, 3.05) is 11.5 Å². The third kappa shape index (κ3) is 1.68. The highest BCUT2D eigenvalue weighted by atomic mass is 15.5. The van der Waals surface area contributed by atoms with Crippen molar-refractivity contribution in [3.8, 4) is 0 Å². The zero-order valence-electron chi connectivity index (χ0n) is 11.0. The van der Waals surface area contributed by atoms with Crippen LogP contribution in [-0.4, -0.2) is 20.0 Å². The first kappa shape index (κ1) is 11.7. The van der Waals surface area contributed by atoms with Crippen molar-refractivity contribution in [1.82, 2.24) is 20.0 Å². The number of nitrogens with zero attached hydrogens (tertiary/aromatic N) is 4. The van der Waals surface area contributed by atoms with Gasteiger partial charge in [0.05, 0.1) is 11.2 Å². The lowest BCUT2D eigenvalue weighted by atomic mass is 9.97. The molecule has 0 fully saturated rings. The number of hydrogen-bond acceptors (Lipinski definition) is 5. The number of rotatable bonds is 2. The van der Waals surface area contributed by atoms with Crippen molar-refractivity contribution in [3.63, 3.8) is 0 Å². The van der Waals surface area contributed by atoms with Gasteiger partial charge in [0, 0.05) is 5.39 Å². The molecule has 0 saturated carbocycles. The summed E-state index contributed by atoms with van der Waals surface area (Å²) in [6, 6.07) is 6.03. The van der Waals surface area contributed by atoms with E-state index >= 15 is 0 Å². The largest absolute Gasteiger partial charge is 0.396 e. The number of pyridine rings is 1. The molecular formula is C13H16N6. The quantitative estimate of drug-likeness (QED) is 0.726. The molecule has 0 atom stereocenters. The monoisotopic (exact) mass is 256 g/mol. The Morgan fingerprint density at radius 3 is 2.74 bits per heavy atom. The second-order valence-electron chi connectivity index (χ2n) is 5.15. The van der Waals surface area contributed by atoms with Gasteiger partial charge in [0.25, 0.3) is 0 Å². The summed E-state index contributed by atoms with van der Waals surface area (Å²) in [5.41, 5.74) is 15.8. The first-order valence-corrected chi connectivity index (χ1v) is 6.26. The van der Waals surface area contributed by atoms with Gasteiger partial charge in [-0.2, -0.15) is 4.52 Å². The normalized spacial score (nSPS) is 11.7. The summed E-state index contributed by atoms with van der Waals surface area (Å²) >= 11 is 0. The second-order valence-corrected chi connectivity index (χ2v) is 5.15. The van der Waals surface area contributed by atoms with Gasteiger partial charge in [-0.15, -0.1) is 5.10 Å². The molecule has 4 N–H and O–H groups in total. The molecule has 0 aliphatic heterocycles. The van der Waals surface area contributed by atoms with E-state index in [1.165, 1.54) is 5.56 Å². The predicted octanol–water partition coefficient (Wildman–Crippen LogP) is 1.64. The van der Waals surface area contributed by atoms with E-state index in [-0.39, 0.29) is 0 Å². The molecular weight excluding hydrogens is 240 g/mol. The van der Waals surface area contributed by atoms with Gasteiger partial charge in [-0.3, -0.25) is 0 Å². The number of tetrazole rings is 1. The van der Waals surface area contributed by atoms with Crippen molar-refractivity contribution < 1.29 is 0 Å². The van der Waals surface area contributed by atoms with Crippen LogP contribution in [0, 0.1) is 5.92 Å². The maximum absolute atomic E-state index is 6.19. The average Bonchev–Trinajstić information content (AvgIpc) is 2.84. The van der Waals surface area contributed by atoms with E-state index in [0.717, 1.165) is 17.3 Å². The Hall–Kier alpha value is -2.37. The molecule has 2 aromatic heterocycles. The van der Waals surface area contributed by atoms with Gasteiger partial charge < -0.3 is 11.5 Å². The van der Waals surface area contributed by atoms with Crippen LogP contribution in [0.2, 0.25) is 0 Å². The summed E-state index contributed by atoms with van der Waals surface area (Å²) in [6.07, 6.45) is 0.939. The van der Waals surface area contributed by atoms with Crippen molar-refractivity contribution in [3.05, 3.63) is 23.8 Å². The molecule has 0 unspecified atom stereocenters. The highest BCUT2D eigenvalue weighted by Gasteiger charge is 2.15. The molecule has 6 nitrogen and oxygen atoms in total. The van der Waals surface area contributed by atoms with Gasteiger partial charge in [-0.25, -0.2) is 0 Å².